The van der Waals surface area contributed by atoms with E-state index in [9.17, 15) is 0 Å². The molecule has 0 amide bonds. The number of thioether (sulfide) groups is 1. The Morgan fingerprint density at radius 3 is 2.29 bits per heavy atom. The van der Waals surface area contributed by atoms with Crippen molar-refractivity contribution in [3.05, 3.63) is 23.3 Å². The van der Waals surface area contributed by atoms with Crippen molar-refractivity contribution in [2.45, 2.75) is 25.5 Å². The van der Waals surface area contributed by atoms with Crippen molar-refractivity contribution in [1.29, 1.82) is 5.26 Å². The Balaban J connectivity index is 4.37. The zero-order chi connectivity index (χ0) is 11.2. The Bertz CT molecular complexity index is 264. The van der Waals surface area contributed by atoms with Crippen LogP contribution >= 0.6 is 11.8 Å². The van der Waals surface area contributed by atoms with Crippen molar-refractivity contribution in [2.24, 2.45) is 0 Å². The van der Waals surface area contributed by atoms with Crippen LogP contribution in [-0.2, 0) is 0 Å². The van der Waals surface area contributed by atoms with Crippen LogP contribution in [0.3, 0.4) is 0 Å². The van der Waals surface area contributed by atoms with Gasteiger partial charge < -0.3 is 4.90 Å². The Hall–Kier alpha value is -0.880. The molecule has 78 valence electrons. The third kappa shape index (κ3) is 7.75. The quantitative estimate of drug-likeness (QED) is 0.529. The van der Waals surface area contributed by atoms with Gasteiger partial charge in [-0.1, -0.05) is 20.8 Å². The van der Waals surface area contributed by atoms with Crippen LogP contribution in [0.4, 0.5) is 0 Å². The molecule has 0 fully saturated rings. The molecule has 0 unspecified atom stereocenters. The molecule has 0 radical (unpaired) electrons. The molecule has 0 aliphatic carbocycles. The Morgan fingerprint density at radius 2 is 1.93 bits per heavy atom. The van der Waals surface area contributed by atoms with Gasteiger partial charge in [-0.25, -0.2) is 0 Å². The number of allylic oxidation sites excluding steroid dienone is 3. The SMILES string of the molecule is CN(C)/C=C/C=C(/C#N)SC(C)(C)C. The molecule has 0 spiro atoms. The maximum Gasteiger partial charge on any atom is 0.106 e. The summed E-state index contributed by atoms with van der Waals surface area (Å²) < 4.78 is 0.0908. The van der Waals surface area contributed by atoms with Gasteiger partial charge in [-0.15, -0.1) is 11.8 Å². The van der Waals surface area contributed by atoms with Gasteiger partial charge in [0.1, 0.15) is 6.07 Å². The standard InChI is InChI=1S/C11H18N2S/c1-11(2,3)14-10(9-12)7-6-8-13(4)5/h6-8H,1-5H3/b8-6+,10-7-. The van der Waals surface area contributed by atoms with Crippen molar-refractivity contribution in [2.75, 3.05) is 14.1 Å². The zero-order valence-electron chi connectivity index (χ0n) is 9.53. The zero-order valence-corrected chi connectivity index (χ0v) is 10.4. The van der Waals surface area contributed by atoms with Gasteiger partial charge in [-0.2, -0.15) is 5.26 Å². The molecule has 0 atom stereocenters. The predicted octanol–water partition coefficient (Wildman–Crippen LogP) is 3.00. The lowest BCUT2D eigenvalue weighted by atomic mass is 10.3. The highest BCUT2D eigenvalue weighted by Crippen LogP contribution is 2.30. The molecule has 14 heavy (non-hydrogen) atoms. The highest BCUT2D eigenvalue weighted by Gasteiger charge is 2.12. The van der Waals surface area contributed by atoms with Crippen molar-refractivity contribution in [1.82, 2.24) is 4.90 Å². The number of nitriles is 1. The van der Waals surface area contributed by atoms with Crippen LogP contribution in [0.15, 0.2) is 23.3 Å². The fraction of sp³-hybridized carbons (Fsp3) is 0.545. The van der Waals surface area contributed by atoms with Gasteiger partial charge in [0.15, 0.2) is 0 Å². The molecule has 0 N–H and O–H groups in total. The molecule has 0 aromatic carbocycles. The van der Waals surface area contributed by atoms with Crippen molar-refractivity contribution in [3.8, 4) is 6.07 Å². The molecule has 0 rings (SSSR count). The first kappa shape index (κ1) is 13.1. The second kappa shape index (κ2) is 5.77. The predicted molar refractivity (Wildman–Crippen MR) is 63.9 cm³/mol. The topological polar surface area (TPSA) is 27.0 Å². The molecule has 0 aromatic rings. The summed E-state index contributed by atoms with van der Waals surface area (Å²) in [5.41, 5.74) is 0. The molecule has 2 nitrogen and oxygen atoms in total. The van der Waals surface area contributed by atoms with Gasteiger partial charge in [0, 0.05) is 18.8 Å². The average Bonchev–Trinajstić information content (AvgIpc) is 1.99. The monoisotopic (exact) mass is 210 g/mol. The summed E-state index contributed by atoms with van der Waals surface area (Å²) in [6.45, 7) is 6.29. The van der Waals surface area contributed by atoms with E-state index < -0.39 is 0 Å². The van der Waals surface area contributed by atoms with E-state index in [-0.39, 0.29) is 4.75 Å². The van der Waals surface area contributed by atoms with Gasteiger partial charge in [-0.05, 0) is 18.4 Å². The van der Waals surface area contributed by atoms with Gasteiger partial charge in [0.05, 0.1) is 4.91 Å². The van der Waals surface area contributed by atoms with Gasteiger partial charge in [-0.3, -0.25) is 0 Å². The molecular formula is C11H18N2S. The number of rotatable bonds is 3. The van der Waals surface area contributed by atoms with Crippen LogP contribution < -0.4 is 0 Å². The van der Waals surface area contributed by atoms with Crippen LogP contribution in [0.2, 0.25) is 0 Å². The van der Waals surface area contributed by atoms with E-state index in [1.54, 1.807) is 11.8 Å². The highest BCUT2D eigenvalue weighted by atomic mass is 32.2. The van der Waals surface area contributed by atoms with Crippen LogP contribution in [0.5, 0.6) is 0 Å². The van der Waals surface area contributed by atoms with Gasteiger partial charge in [0.2, 0.25) is 0 Å². The number of hydrogen-bond acceptors (Lipinski definition) is 3. The van der Waals surface area contributed by atoms with Crippen LogP contribution in [0.1, 0.15) is 20.8 Å². The Labute approximate surface area is 91.3 Å². The minimum absolute atomic E-state index is 0.0908. The molecule has 3 heteroatoms. The normalized spacial score (nSPS) is 13.0. The minimum atomic E-state index is 0.0908. The van der Waals surface area contributed by atoms with Crippen molar-refractivity contribution >= 4 is 11.8 Å². The number of nitrogens with zero attached hydrogens (tertiary/aromatic N) is 2. The highest BCUT2D eigenvalue weighted by molar-refractivity contribution is 8.04. The lowest BCUT2D eigenvalue weighted by molar-refractivity contribution is 0.564. The third-order valence-corrected chi connectivity index (χ3v) is 2.22. The summed E-state index contributed by atoms with van der Waals surface area (Å²) in [5.74, 6) is 0. The van der Waals surface area contributed by atoms with Crippen molar-refractivity contribution in [3.63, 3.8) is 0 Å². The van der Waals surface area contributed by atoms with E-state index in [2.05, 4.69) is 26.8 Å². The van der Waals surface area contributed by atoms with E-state index in [1.165, 1.54) is 0 Å². The molecule has 0 aliphatic heterocycles. The van der Waals surface area contributed by atoms with E-state index in [0.29, 0.717) is 0 Å². The largest absolute Gasteiger partial charge is 0.383 e. The molecular weight excluding hydrogens is 192 g/mol. The smallest absolute Gasteiger partial charge is 0.106 e. The first-order valence-corrected chi connectivity index (χ1v) is 5.31. The Morgan fingerprint density at radius 1 is 1.36 bits per heavy atom. The maximum atomic E-state index is 8.87. The van der Waals surface area contributed by atoms with Crippen LogP contribution in [0.25, 0.3) is 0 Å². The van der Waals surface area contributed by atoms with Gasteiger partial charge in [0.25, 0.3) is 0 Å². The second-order valence-corrected chi connectivity index (χ2v) is 6.03. The lowest BCUT2D eigenvalue weighted by Gasteiger charge is -2.15. The first-order chi connectivity index (χ1) is 6.35. The Kier molecular flexibility index (Phi) is 5.40. The average molecular weight is 210 g/mol. The summed E-state index contributed by atoms with van der Waals surface area (Å²) >= 11 is 1.58. The number of hydrogen-bond donors (Lipinski definition) is 0. The first-order valence-electron chi connectivity index (χ1n) is 4.49. The molecule has 0 aromatic heterocycles. The molecule has 0 bridgehead atoms. The third-order valence-electron chi connectivity index (χ3n) is 1.16. The van der Waals surface area contributed by atoms with E-state index in [4.69, 9.17) is 5.26 Å². The second-order valence-electron chi connectivity index (χ2n) is 4.16. The molecule has 0 saturated carbocycles. The van der Waals surface area contributed by atoms with Crippen molar-refractivity contribution < 1.29 is 0 Å². The minimum Gasteiger partial charge on any atom is -0.383 e. The summed E-state index contributed by atoms with van der Waals surface area (Å²) in [4.78, 5) is 2.68. The van der Waals surface area contributed by atoms with Crippen LogP contribution in [0, 0.1) is 11.3 Å². The summed E-state index contributed by atoms with van der Waals surface area (Å²) in [5, 5.41) is 8.87. The molecule has 0 aliphatic rings. The summed E-state index contributed by atoms with van der Waals surface area (Å²) in [6.07, 6.45) is 5.65. The van der Waals surface area contributed by atoms with E-state index in [1.807, 2.05) is 37.3 Å². The fourth-order valence-electron chi connectivity index (χ4n) is 0.727. The fourth-order valence-corrected chi connectivity index (χ4v) is 1.58. The van der Waals surface area contributed by atoms with Gasteiger partial charge >= 0.3 is 0 Å². The lowest BCUT2D eigenvalue weighted by Crippen LogP contribution is -2.06. The molecule has 0 saturated heterocycles. The maximum absolute atomic E-state index is 8.87. The van der Waals surface area contributed by atoms with Crippen LogP contribution in [-0.4, -0.2) is 23.7 Å². The van der Waals surface area contributed by atoms with E-state index >= 15 is 0 Å². The summed E-state index contributed by atoms with van der Waals surface area (Å²) in [7, 11) is 3.90. The molecule has 0 heterocycles. The summed E-state index contributed by atoms with van der Waals surface area (Å²) in [6, 6.07) is 2.19. The van der Waals surface area contributed by atoms with E-state index in [0.717, 1.165) is 4.91 Å².